The Morgan fingerprint density at radius 2 is 0.520 bits per heavy atom. The molecule has 0 aromatic heterocycles. The molecule has 0 radical (unpaired) electrons. The van der Waals surface area contributed by atoms with Crippen molar-refractivity contribution in [1.82, 2.24) is 0 Å². The molecule has 0 saturated heterocycles. The highest BCUT2D eigenvalue weighted by atomic mass is 27.2. The summed E-state index contributed by atoms with van der Waals surface area (Å²) in [6.45, 7) is 37.4. The topological polar surface area (TPSA) is 0 Å². The molecule has 0 fully saturated rings. The SMILES string of the molecule is CC(C)(C)C[C](C)(C)[Al]([C](C)(C)CC(C)(C)C)[C](C)(C)CC(C)(C)C. The fourth-order valence-corrected chi connectivity index (χ4v) is 16.4. The molecule has 0 N–H and O–H groups in total. The zero-order valence-corrected chi connectivity index (χ0v) is 21.9. The predicted octanol–water partition coefficient (Wildman–Crippen LogP) is 9.13. The van der Waals surface area contributed by atoms with E-state index in [1.165, 1.54) is 19.3 Å². The molecule has 0 bridgehead atoms. The standard InChI is InChI=1S/3C8H17.Al/c3*1-7(2)6-8(3,4)5;/h3*6H2,1-5H3;. The molecule has 0 aliphatic carbocycles. The highest BCUT2D eigenvalue weighted by Gasteiger charge is 2.56. The lowest BCUT2D eigenvalue weighted by atomic mass is 9.84. The number of hydrogen-bond acceptors (Lipinski definition) is 0. The molecule has 0 nitrogen and oxygen atoms in total. The van der Waals surface area contributed by atoms with Crippen molar-refractivity contribution in [2.24, 2.45) is 16.2 Å². The van der Waals surface area contributed by atoms with Gasteiger partial charge in [-0.2, -0.15) is 0 Å². The molecule has 0 aromatic carbocycles. The summed E-state index contributed by atoms with van der Waals surface area (Å²) in [5, 5.41) is 0. The maximum atomic E-state index is 2.60. The first-order valence-electron chi connectivity index (χ1n) is 10.5. The van der Waals surface area contributed by atoms with Gasteiger partial charge in [0.2, 0.25) is 0 Å². The van der Waals surface area contributed by atoms with Crippen LogP contribution in [-0.4, -0.2) is 14.1 Å². The molecule has 150 valence electrons. The highest BCUT2D eigenvalue weighted by Crippen LogP contribution is 2.62. The Bertz CT molecular complexity index is 352. The van der Waals surface area contributed by atoms with Crippen molar-refractivity contribution in [1.29, 1.82) is 0 Å². The van der Waals surface area contributed by atoms with Crippen LogP contribution in [0.1, 0.15) is 123 Å². The Morgan fingerprint density at radius 3 is 0.640 bits per heavy atom. The van der Waals surface area contributed by atoms with Gasteiger partial charge in [0.1, 0.15) is 0 Å². The monoisotopic (exact) mass is 366 g/mol. The summed E-state index contributed by atoms with van der Waals surface area (Å²) < 4.78 is 1.34. The first kappa shape index (κ1) is 25.5. The second-order valence-corrected chi connectivity index (χ2v) is 20.2. The summed E-state index contributed by atoms with van der Waals surface area (Å²) in [7, 11) is 0. The van der Waals surface area contributed by atoms with Gasteiger partial charge in [-0.15, -0.1) is 0 Å². The third kappa shape index (κ3) is 9.33. The maximum Gasteiger partial charge on any atom is 0.281 e. The Hall–Kier alpha value is 0.532. The van der Waals surface area contributed by atoms with Crippen molar-refractivity contribution < 1.29 is 0 Å². The van der Waals surface area contributed by atoms with Crippen LogP contribution in [0.25, 0.3) is 0 Å². The van der Waals surface area contributed by atoms with E-state index in [9.17, 15) is 0 Å². The molecule has 0 rings (SSSR count). The fraction of sp³-hybridized carbons (Fsp3) is 1.00. The summed E-state index contributed by atoms with van der Waals surface area (Å²) in [5.74, 6) is 0. The van der Waals surface area contributed by atoms with E-state index in [0.717, 1.165) is 0 Å². The maximum absolute atomic E-state index is 2.60. The van der Waals surface area contributed by atoms with Gasteiger partial charge in [0, 0.05) is 0 Å². The molecule has 0 spiro atoms. The number of hydrogen-bond donors (Lipinski definition) is 0. The van der Waals surface area contributed by atoms with E-state index in [-0.39, 0.29) is 0 Å². The second-order valence-electron chi connectivity index (χ2n) is 14.6. The van der Waals surface area contributed by atoms with Crippen molar-refractivity contribution in [2.75, 3.05) is 0 Å². The summed E-state index contributed by atoms with van der Waals surface area (Å²) in [6, 6.07) is 0. The Labute approximate surface area is 166 Å². The van der Waals surface area contributed by atoms with E-state index < -0.39 is 14.1 Å². The van der Waals surface area contributed by atoms with Gasteiger partial charge in [-0.1, -0.05) is 136 Å². The lowest BCUT2D eigenvalue weighted by Crippen LogP contribution is -2.49. The molecule has 25 heavy (non-hydrogen) atoms. The average Bonchev–Trinajstić information content (AvgIpc) is 1.98. The zero-order chi connectivity index (χ0) is 20.7. The quantitative estimate of drug-likeness (QED) is 0.411. The largest absolute Gasteiger partial charge is 0.281 e. The van der Waals surface area contributed by atoms with E-state index >= 15 is 0 Å². The van der Waals surface area contributed by atoms with Crippen LogP contribution in [0.15, 0.2) is 0 Å². The molecule has 0 aliphatic rings. The fourth-order valence-electron chi connectivity index (χ4n) is 7.58. The first-order valence-corrected chi connectivity index (χ1v) is 12.2. The first-order chi connectivity index (χ1) is 10.5. The lowest BCUT2D eigenvalue weighted by Gasteiger charge is -2.53. The third-order valence-electron chi connectivity index (χ3n) is 5.30. The minimum Gasteiger partial charge on any atom is -0.0747 e. The summed E-state index contributed by atoms with van der Waals surface area (Å²) in [5.41, 5.74) is 1.18. The molecule has 0 heterocycles. The van der Waals surface area contributed by atoms with Crippen LogP contribution in [0.2, 0.25) is 12.8 Å². The van der Waals surface area contributed by atoms with Crippen molar-refractivity contribution in [3.05, 3.63) is 0 Å². The van der Waals surface area contributed by atoms with Crippen LogP contribution in [0.5, 0.6) is 0 Å². The van der Waals surface area contributed by atoms with E-state index in [2.05, 4.69) is 104 Å². The molecular weight excluding hydrogens is 315 g/mol. The second kappa shape index (κ2) is 7.51. The van der Waals surface area contributed by atoms with Gasteiger partial charge in [0.25, 0.3) is 14.1 Å². The summed E-state index contributed by atoms with van der Waals surface area (Å²) >= 11 is -1.16. The Morgan fingerprint density at radius 1 is 0.360 bits per heavy atom. The molecule has 0 aliphatic heterocycles. The van der Waals surface area contributed by atoms with E-state index in [0.29, 0.717) is 29.1 Å². The molecule has 0 saturated carbocycles. The van der Waals surface area contributed by atoms with Gasteiger partial charge in [-0.05, 0) is 16.2 Å². The lowest BCUT2D eigenvalue weighted by molar-refractivity contribution is 0.271. The van der Waals surface area contributed by atoms with Crippen molar-refractivity contribution in [3.63, 3.8) is 0 Å². The Balaban J connectivity index is 6.14. The van der Waals surface area contributed by atoms with Crippen molar-refractivity contribution >= 4 is 14.1 Å². The van der Waals surface area contributed by atoms with Gasteiger partial charge in [-0.25, -0.2) is 0 Å². The molecule has 1 heteroatoms. The van der Waals surface area contributed by atoms with Crippen LogP contribution in [-0.2, 0) is 0 Å². The van der Waals surface area contributed by atoms with Crippen molar-refractivity contribution in [3.8, 4) is 0 Å². The predicted molar refractivity (Wildman–Crippen MR) is 120 cm³/mol. The Kier molecular flexibility index (Phi) is 7.67. The van der Waals surface area contributed by atoms with Crippen LogP contribution in [0.4, 0.5) is 0 Å². The molecule has 0 unspecified atom stereocenters. The van der Waals surface area contributed by atoms with Crippen molar-refractivity contribution in [2.45, 2.75) is 136 Å². The molecule has 0 amide bonds. The minimum atomic E-state index is -1.16. The molecular formula is C24H51Al. The van der Waals surface area contributed by atoms with Crippen LogP contribution < -0.4 is 0 Å². The van der Waals surface area contributed by atoms with Gasteiger partial charge < -0.3 is 0 Å². The smallest absolute Gasteiger partial charge is 0.0747 e. The van der Waals surface area contributed by atoms with Gasteiger partial charge >= 0.3 is 0 Å². The van der Waals surface area contributed by atoms with Crippen LogP contribution >= 0.6 is 0 Å². The summed E-state index contributed by atoms with van der Waals surface area (Å²) in [4.78, 5) is 0. The highest BCUT2D eigenvalue weighted by molar-refractivity contribution is 6.68. The molecule has 0 atom stereocenters. The average molecular weight is 367 g/mol. The summed E-state index contributed by atoms with van der Waals surface area (Å²) in [6.07, 6.45) is 3.99. The number of rotatable bonds is 6. The molecule has 0 aromatic rings. The van der Waals surface area contributed by atoms with Gasteiger partial charge in [0.15, 0.2) is 0 Å². The van der Waals surface area contributed by atoms with Gasteiger partial charge in [-0.3, -0.25) is 0 Å². The van der Waals surface area contributed by atoms with Gasteiger partial charge in [0.05, 0.1) is 0 Å². The minimum absolute atomic E-state index is 0.393. The van der Waals surface area contributed by atoms with E-state index in [1.807, 2.05) is 0 Å². The van der Waals surface area contributed by atoms with E-state index in [4.69, 9.17) is 0 Å². The van der Waals surface area contributed by atoms with Crippen LogP contribution in [0, 0.1) is 16.2 Å². The zero-order valence-electron chi connectivity index (χ0n) is 20.7. The third-order valence-corrected chi connectivity index (χ3v) is 10.6. The van der Waals surface area contributed by atoms with Crippen LogP contribution in [0.3, 0.4) is 0 Å². The van der Waals surface area contributed by atoms with E-state index in [1.54, 1.807) is 0 Å². The normalized spacial score (nSPS) is 15.5.